The molecule has 0 saturated carbocycles. The van der Waals surface area contributed by atoms with Gasteiger partial charge in [0.1, 0.15) is 0 Å². The average Bonchev–Trinajstić information content (AvgIpc) is 2.27. The van der Waals surface area contributed by atoms with E-state index in [1.807, 2.05) is 13.8 Å². The van der Waals surface area contributed by atoms with E-state index < -0.39 is 5.54 Å². The van der Waals surface area contributed by atoms with E-state index in [4.69, 9.17) is 11.6 Å². The summed E-state index contributed by atoms with van der Waals surface area (Å²) in [7, 11) is 1.67. The number of aromatic nitrogens is 1. The van der Waals surface area contributed by atoms with E-state index in [1.165, 1.54) is 17.2 Å². The molecule has 1 aromatic heterocycles. The summed E-state index contributed by atoms with van der Waals surface area (Å²) in [6, 6.07) is 2.85. The van der Waals surface area contributed by atoms with Crippen LogP contribution in [0.1, 0.15) is 24.2 Å². The Balaban J connectivity index is 2.99. The van der Waals surface area contributed by atoms with E-state index in [1.54, 1.807) is 13.1 Å². The lowest BCUT2D eigenvalue weighted by Crippen LogP contribution is -2.46. The van der Waals surface area contributed by atoms with Gasteiger partial charge in [0.15, 0.2) is 0 Å². The van der Waals surface area contributed by atoms with Crippen LogP contribution in [0.4, 0.5) is 0 Å². The highest BCUT2D eigenvalue weighted by Crippen LogP contribution is 2.16. The molecule has 0 aliphatic carbocycles. The van der Waals surface area contributed by atoms with Crippen molar-refractivity contribution in [3.63, 3.8) is 0 Å². The minimum absolute atomic E-state index is 0.211. The van der Waals surface area contributed by atoms with Crippen LogP contribution in [-0.4, -0.2) is 34.3 Å². The molecule has 0 aliphatic rings. The van der Waals surface area contributed by atoms with Gasteiger partial charge in [-0.3, -0.25) is 9.59 Å². The van der Waals surface area contributed by atoms with Gasteiger partial charge in [0.05, 0.1) is 5.54 Å². The van der Waals surface area contributed by atoms with Crippen LogP contribution < -0.4 is 5.56 Å². The lowest BCUT2D eigenvalue weighted by molar-refractivity contribution is 0.0660. The van der Waals surface area contributed by atoms with Gasteiger partial charge in [0.2, 0.25) is 5.56 Å². The number of carbonyl (C=O) groups excluding carboxylic acids is 1. The third-order valence-corrected chi connectivity index (χ3v) is 3.22. The Kier molecular flexibility index (Phi) is 3.75. The molecule has 0 bridgehead atoms. The standard InChI is InChI=1S/C11H15ClN2O2/c1-11(2,7-12)14(3)10(16)8-4-5-13-9(15)6-8/h4-6H,7H2,1-3H3,(H,13,15). The number of alkyl halides is 1. The van der Waals surface area contributed by atoms with Crippen LogP contribution in [0.25, 0.3) is 0 Å². The molecule has 0 spiro atoms. The molecule has 1 amide bonds. The molecule has 0 aliphatic heterocycles. The molecule has 0 unspecified atom stereocenters. The van der Waals surface area contributed by atoms with Crippen LogP contribution in [0.5, 0.6) is 0 Å². The molecule has 1 rings (SSSR count). The van der Waals surface area contributed by atoms with Crippen molar-refractivity contribution in [2.75, 3.05) is 12.9 Å². The number of aromatic amines is 1. The maximum atomic E-state index is 12.0. The highest BCUT2D eigenvalue weighted by atomic mass is 35.5. The van der Waals surface area contributed by atoms with E-state index in [0.717, 1.165) is 0 Å². The molecular formula is C11H15ClN2O2. The number of hydrogen-bond donors (Lipinski definition) is 1. The Labute approximate surface area is 99.2 Å². The topological polar surface area (TPSA) is 53.2 Å². The van der Waals surface area contributed by atoms with Crippen LogP contribution >= 0.6 is 11.6 Å². The van der Waals surface area contributed by atoms with Gasteiger partial charge in [-0.1, -0.05) is 0 Å². The van der Waals surface area contributed by atoms with E-state index in [-0.39, 0.29) is 11.5 Å². The molecule has 88 valence electrons. The first-order chi connectivity index (χ1) is 7.38. The SMILES string of the molecule is CN(C(=O)c1cc[nH]c(=O)c1)C(C)(C)CCl. The highest BCUT2D eigenvalue weighted by Gasteiger charge is 2.27. The number of nitrogens with one attached hydrogen (secondary N) is 1. The zero-order valence-corrected chi connectivity index (χ0v) is 10.3. The molecule has 1 heterocycles. The van der Waals surface area contributed by atoms with E-state index in [0.29, 0.717) is 11.4 Å². The molecule has 4 nitrogen and oxygen atoms in total. The molecule has 16 heavy (non-hydrogen) atoms. The number of amides is 1. The second-order valence-electron chi connectivity index (χ2n) is 4.25. The van der Waals surface area contributed by atoms with Crippen molar-refractivity contribution in [2.24, 2.45) is 0 Å². The lowest BCUT2D eigenvalue weighted by atomic mass is 10.1. The fraction of sp³-hybridized carbons (Fsp3) is 0.455. The van der Waals surface area contributed by atoms with E-state index >= 15 is 0 Å². The summed E-state index contributed by atoms with van der Waals surface area (Å²) >= 11 is 5.79. The number of hydrogen-bond acceptors (Lipinski definition) is 2. The fourth-order valence-corrected chi connectivity index (χ4v) is 1.32. The normalized spacial score (nSPS) is 11.2. The first-order valence-electron chi connectivity index (χ1n) is 4.91. The van der Waals surface area contributed by atoms with Crippen molar-refractivity contribution in [2.45, 2.75) is 19.4 Å². The van der Waals surface area contributed by atoms with Gasteiger partial charge >= 0.3 is 0 Å². The summed E-state index contributed by atoms with van der Waals surface area (Å²) in [6.45, 7) is 3.73. The Bertz CT molecular complexity index is 440. The van der Waals surface area contributed by atoms with Gasteiger partial charge in [-0.2, -0.15) is 0 Å². The second kappa shape index (κ2) is 4.70. The van der Waals surface area contributed by atoms with Crippen LogP contribution in [0, 0.1) is 0 Å². The molecule has 0 atom stereocenters. The molecular weight excluding hydrogens is 228 g/mol. The quantitative estimate of drug-likeness (QED) is 0.816. The highest BCUT2D eigenvalue weighted by molar-refractivity contribution is 6.18. The second-order valence-corrected chi connectivity index (χ2v) is 4.52. The number of rotatable bonds is 3. The average molecular weight is 243 g/mol. The van der Waals surface area contributed by atoms with Crippen molar-refractivity contribution in [1.82, 2.24) is 9.88 Å². The molecule has 1 aromatic rings. The maximum Gasteiger partial charge on any atom is 0.254 e. The molecule has 0 saturated heterocycles. The third kappa shape index (κ3) is 2.64. The number of H-pyrrole nitrogens is 1. The lowest BCUT2D eigenvalue weighted by Gasteiger charge is -2.33. The van der Waals surface area contributed by atoms with Gasteiger partial charge < -0.3 is 9.88 Å². The zero-order chi connectivity index (χ0) is 12.3. The molecule has 0 aromatic carbocycles. The van der Waals surface area contributed by atoms with Crippen molar-refractivity contribution >= 4 is 17.5 Å². The molecule has 0 fully saturated rings. The summed E-state index contributed by atoms with van der Waals surface area (Å²) in [5, 5.41) is 0. The summed E-state index contributed by atoms with van der Waals surface area (Å²) in [5.41, 5.74) is -0.367. The predicted molar refractivity (Wildman–Crippen MR) is 64.0 cm³/mol. The van der Waals surface area contributed by atoms with Crippen molar-refractivity contribution in [3.05, 3.63) is 34.2 Å². The van der Waals surface area contributed by atoms with Crippen molar-refractivity contribution < 1.29 is 4.79 Å². The van der Waals surface area contributed by atoms with Gasteiger partial charge in [0, 0.05) is 30.8 Å². The Hall–Kier alpha value is -1.29. The maximum absolute atomic E-state index is 12.0. The van der Waals surface area contributed by atoms with Gasteiger partial charge in [-0.15, -0.1) is 11.6 Å². The minimum atomic E-state index is -0.443. The molecule has 1 N–H and O–H groups in total. The number of carbonyl (C=O) groups is 1. The predicted octanol–water partition coefficient (Wildman–Crippen LogP) is 1.46. The Morgan fingerprint density at radius 1 is 1.56 bits per heavy atom. The number of halogens is 1. The van der Waals surface area contributed by atoms with Gasteiger partial charge in [-0.05, 0) is 19.9 Å². The fourth-order valence-electron chi connectivity index (χ4n) is 1.14. The minimum Gasteiger partial charge on any atom is -0.335 e. The van der Waals surface area contributed by atoms with E-state index in [2.05, 4.69) is 4.98 Å². The number of nitrogens with zero attached hydrogens (tertiary/aromatic N) is 1. The van der Waals surface area contributed by atoms with Crippen molar-refractivity contribution in [3.8, 4) is 0 Å². The summed E-state index contributed by atoms with van der Waals surface area (Å²) in [6.07, 6.45) is 1.46. The van der Waals surface area contributed by atoms with E-state index in [9.17, 15) is 9.59 Å². The third-order valence-electron chi connectivity index (χ3n) is 2.56. The summed E-state index contributed by atoms with van der Waals surface area (Å²) < 4.78 is 0. The first-order valence-corrected chi connectivity index (χ1v) is 5.45. The number of pyridine rings is 1. The smallest absolute Gasteiger partial charge is 0.254 e. The molecule has 5 heteroatoms. The summed E-state index contributed by atoms with van der Waals surface area (Å²) in [5.74, 6) is 0.120. The Morgan fingerprint density at radius 3 is 2.69 bits per heavy atom. The largest absolute Gasteiger partial charge is 0.335 e. The monoisotopic (exact) mass is 242 g/mol. The van der Waals surface area contributed by atoms with Gasteiger partial charge in [0.25, 0.3) is 5.91 Å². The molecule has 0 radical (unpaired) electrons. The van der Waals surface area contributed by atoms with Crippen LogP contribution in [0.3, 0.4) is 0 Å². The zero-order valence-electron chi connectivity index (χ0n) is 9.58. The van der Waals surface area contributed by atoms with Crippen molar-refractivity contribution in [1.29, 1.82) is 0 Å². The van der Waals surface area contributed by atoms with Crippen LogP contribution in [0.15, 0.2) is 23.1 Å². The van der Waals surface area contributed by atoms with Crippen LogP contribution in [-0.2, 0) is 0 Å². The van der Waals surface area contributed by atoms with Gasteiger partial charge in [-0.25, -0.2) is 0 Å². The first kappa shape index (κ1) is 12.8. The Morgan fingerprint density at radius 2 is 2.19 bits per heavy atom. The summed E-state index contributed by atoms with van der Waals surface area (Å²) in [4.78, 5) is 27.1. The van der Waals surface area contributed by atoms with Crippen LogP contribution in [0.2, 0.25) is 0 Å².